The zero-order chi connectivity index (χ0) is 14.8. The van der Waals surface area contributed by atoms with E-state index in [1.165, 1.54) is 0 Å². The fourth-order valence-corrected chi connectivity index (χ4v) is 3.05. The Hall–Kier alpha value is -1.66. The van der Waals surface area contributed by atoms with E-state index in [2.05, 4.69) is 11.9 Å². The van der Waals surface area contributed by atoms with Crippen LogP contribution in [0.15, 0.2) is 21.9 Å². The van der Waals surface area contributed by atoms with Crippen molar-refractivity contribution in [1.82, 2.24) is 9.88 Å². The summed E-state index contributed by atoms with van der Waals surface area (Å²) in [6.45, 7) is 5.66. The number of ether oxygens (including phenoxy) is 1. The summed E-state index contributed by atoms with van der Waals surface area (Å²) in [7, 11) is 0. The van der Waals surface area contributed by atoms with Crippen LogP contribution in [0.3, 0.4) is 0 Å². The first-order valence-corrected chi connectivity index (χ1v) is 7.99. The SMILES string of the molecule is CC[C@H]1CN(C(=O)c2nc(-c3cccs3)oc2C)CCO1. The highest BCUT2D eigenvalue weighted by Crippen LogP contribution is 2.26. The lowest BCUT2D eigenvalue weighted by Gasteiger charge is -2.32. The van der Waals surface area contributed by atoms with Crippen LogP contribution >= 0.6 is 11.3 Å². The number of nitrogens with zero attached hydrogens (tertiary/aromatic N) is 2. The van der Waals surface area contributed by atoms with Crippen molar-refractivity contribution in [3.05, 3.63) is 29.0 Å². The average Bonchev–Trinajstić information content (AvgIpc) is 3.16. The number of hydrogen-bond donors (Lipinski definition) is 0. The van der Waals surface area contributed by atoms with E-state index in [-0.39, 0.29) is 12.0 Å². The molecule has 3 rings (SSSR count). The van der Waals surface area contributed by atoms with Gasteiger partial charge in [0.1, 0.15) is 5.76 Å². The van der Waals surface area contributed by atoms with Crippen molar-refractivity contribution in [1.29, 1.82) is 0 Å². The summed E-state index contributed by atoms with van der Waals surface area (Å²) < 4.78 is 11.2. The highest BCUT2D eigenvalue weighted by molar-refractivity contribution is 7.13. The molecule has 112 valence electrons. The molecule has 21 heavy (non-hydrogen) atoms. The van der Waals surface area contributed by atoms with E-state index >= 15 is 0 Å². The maximum atomic E-state index is 12.6. The molecule has 5 nitrogen and oxygen atoms in total. The second-order valence-corrected chi connectivity index (χ2v) is 6.00. The lowest BCUT2D eigenvalue weighted by Crippen LogP contribution is -2.45. The predicted octanol–water partition coefficient (Wildman–Crippen LogP) is 2.96. The number of amides is 1. The van der Waals surface area contributed by atoms with Gasteiger partial charge in [-0.25, -0.2) is 4.98 Å². The van der Waals surface area contributed by atoms with Crippen LogP contribution in [-0.4, -0.2) is 41.6 Å². The van der Waals surface area contributed by atoms with Crippen molar-refractivity contribution in [3.63, 3.8) is 0 Å². The van der Waals surface area contributed by atoms with Crippen LogP contribution in [0.5, 0.6) is 0 Å². The number of aromatic nitrogens is 1. The number of aryl methyl sites for hydroxylation is 1. The van der Waals surface area contributed by atoms with E-state index in [4.69, 9.17) is 9.15 Å². The van der Waals surface area contributed by atoms with Gasteiger partial charge in [-0.2, -0.15) is 0 Å². The fourth-order valence-electron chi connectivity index (χ4n) is 2.40. The smallest absolute Gasteiger partial charge is 0.276 e. The van der Waals surface area contributed by atoms with Gasteiger partial charge in [-0.15, -0.1) is 11.3 Å². The van der Waals surface area contributed by atoms with Gasteiger partial charge in [-0.05, 0) is 24.8 Å². The molecule has 0 bridgehead atoms. The van der Waals surface area contributed by atoms with Gasteiger partial charge >= 0.3 is 0 Å². The Morgan fingerprint density at radius 2 is 2.43 bits per heavy atom. The molecule has 0 aliphatic carbocycles. The summed E-state index contributed by atoms with van der Waals surface area (Å²) in [5.74, 6) is 1.02. The average molecular weight is 306 g/mol. The third-order valence-electron chi connectivity index (χ3n) is 3.61. The van der Waals surface area contributed by atoms with E-state index in [1.54, 1.807) is 23.2 Å². The van der Waals surface area contributed by atoms with Gasteiger partial charge in [0.2, 0.25) is 5.89 Å². The van der Waals surface area contributed by atoms with E-state index in [0.29, 0.717) is 37.0 Å². The minimum atomic E-state index is -0.0687. The van der Waals surface area contributed by atoms with Crippen molar-refractivity contribution in [2.45, 2.75) is 26.4 Å². The molecular weight excluding hydrogens is 288 g/mol. The molecule has 1 aliphatic rings. The van der Waals surface area contributed by atoms with Gasteiger partial charge in [-0.1, -0.05) is 13.0 Å². The Balaban J connectivity index is 1.81. The lowest BCUT2D eigenvalue weighted by atomic mass is 10.2. The maximum absolute atomic E-state index is 12.6. The summed E-state index contributed by atoms with van der Waals surface area (Å²) in [5, 5.41) is 1.96. The first-order valence-electron chi connectivity index (χ1n) is 7.11. The van der Waals surface area contributed by atoms with Gasteiger partial charge in [0, 0.05) is 13.1 Å². The molecule has 1 atom stereocenters. The highest BCUT2D eigenvalue weighted by Gasteiger charge is 2.28. The number of oxazole rings is 1. The first kappa shape index (κ1) is 14.3. The zero-order valence-corrected chi connectivity index (χ0v) is 13.0. The van der Waals surface area contributed by atoms with Crippen LogP contribution in [-0.2, 0) is 4.74 Å². The maximum Gasteiger partial charge on any atom is 0.276 e. The van der Waals surface area contributed by atoms with Crippen LogP contribution < -0.4 is 0 Å². The van der Waals surface area contributed by atoms with E-state index in [0.717, 1.165) is 11.3 Å². The molecule has 3 heterocycles. The number of morpholine rings is 1. The number of hydrogen-bond acceptors (Lipinski definition) is 5. The monoisotopic (exact) mass is 306 g/mol. The second kappa shape index (κ2) is 5.99. The normalized spacial score (nSPS) is 19.0. The Labute approximate surface area is 127 Å². The molecule has 0 radical (unpaired) electrons. The molecule has 1 fully saturated rings. The lowest BCUT2D eigenvalue weighted by molar-refractivity contribution is -0.0228. The molecule has 6 heteroatoms. The standard InChI is InChI=1S/C15H18N2O3S/c1-3-11-9-17(6-7-19-11)15(18)13-10(2)20-14(16-13)12-5-4-8-21-12/h4-5,8,11H,3,6-7,9H2,1-2H3/t11-/m0/s1. The molecule has 0 N–H and O–H groups in total. The van der Waals surface area contributed by atoms with Gasteiger partial charge in [-0.3, -0.25) is 4.79 Å². The summed E-state index contributed by atoms with van der Waals surface area (Å²) >= 11 is 1.55. The van der Waals surface area contributed by atoms with Crippen molar-refractivity contribution < 1.29 is 13.9 Å². The Kier molecular flexibility index (Phi) is 4.07. The molecule has 1 aliphatic heterocycles. The van der Waals surface area contributed by atoms with Gasteiger partial charge in [0.05, 0.1) is 17.6 Å². The minimum absolute atomic E-state index is 0.0687. The van der Waals surface area contributed by atoms with Crippen molar-refractivity contribution in [2.75, 3.05) is 19.7 Å². The Morgan fingerprint density at radius 3 is 3.14 bits per heavy atom. The summed E-state index contributed by atoms with van der Waals surface area (Å²) in [5.41, 5.74) is 0.412. The second-order valence-electron chi connectivity index (χ2n) is 5.05. The molecule has 2 aromatic rings. The molecule has 0 saturated carbocycles. The van der Waals surface area contributed by atoms with Crippen LogP contribution in [0, 0.1) is 6.92 Å². The fraction of sp³-hybridized carbons (Fsp3) is 0.467. The van der Waals surface area contributed by atoms with E-state index < -0.39 is 0 Å². The number of carbonyl (C=O) groups excluding carboxylic acids is 1. The Morgan fingerprint density at radius 1 is 1.57 bits per heavy atom. The van der Waals surface area contributed by atoms with Crippen LogP contribution in [0.25, 0.3) is 10.8 Å². The van der Waals surface area contributed by atoms with Crippen molar-refractivity contribution in [3.8, 4) is 10.8 Å². The van der Waals surface area contributed by atoms with Gasteiger partial charge in [0.25, 0.3) is 5.91 Å². The molecule has 2 aromatic heterocycles. The third-order valence-corrected chi connectivity index (χ3v) is 4.47. The van der Waals surface area contributed by atoms with Crippen LogP contribution in [0.1, 0.15) is 29.6 Å². The molecule has 1 saturated heterocycles. The van der Waals surface area contributed by atoms with Gasteiger partial charge < -0.3 is 14.1 Å². The molecular formula is C15H18N2O3S. The quantitative estimate of drug-likeness (QED) is 0.875. The Bertz CT molecular complexity index is 621. The topological polar surface area (TPSA) is 55.6 Å². The minimum Gasteiger partial charge on any atom is -0.440 e. The molecule has 1 amide bonds. The van der Waals surface area contributed by atoms with Crippen molar-refractivity contribution in [2.24, 2.45) is 0 Å². The largest absolute Gasteiger partial charge is 0.440 e. The molecule has 0 spiro atoms. The van der Waals surface area contributed by atoms with Crippen molar-refractivity contribution >= 4 is 17.2 Å². The van der Waals surface area contributed by atoms with E-state index in [1.807, 2.05) is 17.5 Å². The summed E-state index contributed by atoms with van der Waals surface area (Å²) in [6, 6.07) is 3.88. The zero-order valence-electron chi connectivity index (χ0n) is 12.2. The summed E-state index contributed by atoms with van der Waals surface area (Å²) in [6.07, 6.45) is 1.02. The van der Waals surface area contributed by atoms with E-state index in [9.17, 15) is 4.79 Å². The third kappa shape index (κ3) is 2.87. The number of rotatable bonds is 3. The molecule has 0 unspecified atom stereocenters. The highest BCUT2D eigenvalue weighted by atomic mass is 32.1. The predicted molar refractivity (Wildman–Crippen MR) is 80.5 cm³/mol. The number of carbonyl (C=O) groups is 1. The van der Waals surface area contributed by atoms with Crippen LogP contribution in [0.2, 0.25) is 0 Å². The number of thiophene rings is 1. The van der Waals surface area contributed by atoms with Crippen LogP contribution in [0.4, 0.5) is 0 Å². The van der Waals surface area contributed by atoms with Gasteiger partial charge in [0.15, 0.2) is 5.69 Å². The first-order chi connectivity index (χ1) is 10.2. The summed E-state index contributed by atoms with van der Waals surface area (Å²) in [4.78, 5) is 19.7. The molecule has 0 aromatic carbocycles.